The highest BCUT2D eigenvalue weighted by Crippen LogP contribution is 2.18. The summed E-state index contributed by atoms with van der Waals surface area (Å²) in [6.45, 7) is 8.87. The van der Waals surface area contributed by atoms with Crippen molar-refractivity contribution in [3.05, 3.63) is 33.0 Å². The van der Waals surface area contributed by atoms with Crippen LogP contribution in [-0.2, 0) is 6.54 Å². The van der Waals surface area contributed by atoms with E-state index in [4.69, 9.17) is 12.2 Å². The van der Waals surface area contributed by atoms with Crippen LogP contribution in [0.4, 0.5) is 0 Å². The Balaban J connectivity index is 2.61. The molecule has 0 fully saturated rings. The van der Waals surface area contributed by atoms with E-state index in [-0.39, 0.29) is 11.6 Å². The van der Waals surface area contributed by atoms with Crippen LogP contribution < -0.4 is 5.56 Å². The van der Waals surface area contributed by atoms with Gasteiger partial charge in [-0.3, -0.25) is 14.5 Å². The highest BCUT2D eigenvalue weighted by Gasteiger charge is 2.16. The second-order valence-electron chi connectivity index (χ2n) is 5.51. The van der Waals surface area contributed by atoms with Gasteiger partial charge in [0.1, 0.15) is 0 Å². The van der Waals surface area contributed by atoms with E-state index in [9.17, 15) is 4.79 Å². The molecule has 0 radical (unpaired) electrons. The van der Waals surface area contributed by atoms with Crippen molar-refractivity contribution >= 4 is 12.2 Å². The van der Waals surface area contributed by atoms with E-state index in [0.29, 0.717) is 16.2 Å². The number of hydrogen-bond donors (Lipinski definition) is 1. The van der Waals surface area contributed by atoms with Crippen LogP contribution in [-0.4, -0.2) is 19.3 Å². The number of H-pyrrole nitrogens is 1. The first-order chi connectivity index (χ1) is 9.97. The summed E-state index contributed by atoms with van der Waals surface area (Å²) >= 11 is 5.26. The van der Waals surface area contributed by atoms with E-state index >= 15 is 0 Å². The number of pyridine rings is 1. The molecular weight excluding hydrogens is 284 g/mol. The second-order valence-corrected chi connectivity index (χ2v) is 5.90. The van der Waals surface area contributed by atoms with Crippen molar-refractivity contribution in [3.63, 3.8) is 0 Å². The summed E-state index contributed by atoms with van der Waals surface area (Å²) in [5.74, 6) is 0.616. The maximum Gasteiger partial charge on any atom is 0.261 e. The lowest BCUT2D eigenvalue weighted by molar-refractivity contribution is 0.588. The largest absolute Gasteiger partial charge is 0.312 e. The molecule has 0 saturated heterocycles. The lowest BCUT2D eigenvalue weighted by atomic mass is 10.2. The van der Waals surface area contributed by atoms with Gasteiger partial charge in [-0.15, -0.1) is 0 Å². The normalized spacial score (nSPS) is 11.3. The zero-order chi connectivity index (χ0) is 15.6. The van der Waals surface area contributed by atoms with Gasteiger partial charge in [0.2, 0.25) is 0 Å². The number of aryl methyl sites for hydroxylation is 1. The predicted octanol–water partition coefficient (Wildman–Crippen LogP) is 3.46. The van der Waals surface area contributed by atoms with Crippen LogP contribution in [0.5, 0.6) is 0 Å². The monoisotopic (exact) mass is 306 g/mol. The Morgan fingerprint density at radius 1 is 1.38 bits per heavy atom. The van der Waals surface area contributed by atoms with E-state index in [1.165, 1.54) is 0 Å². The van der Waals surface area contributed by atoms with Crippen LogP contribution in [0.1, 0.15) is 45.3 Å². The molecule has 6 heteroatoms. The molecule has 2 heterocycles. The minimum absolute atomic E-state index is 0.000602. The van der Waals surface area contributed by atoms with Crippen molar-refractivity contribution < 1.29 is 0 Å². The summed E-state index contributed by atoms with van der Waals surface area (Å²) < 4.78 is 4.24. The molecule has 0 saturated carbocycles. The third kappa shape index (κ3) is 3.00. The SMILES string of the molecule is CCCCn1c(C)ccc(-c2n[nH]c(=S)n2C(C)C)c1=O. The second kappa shape index (κ2) is 6.39. The maximum atomic E-state index is 12.7. The van der Waals surface area contributed by atoms with Crippen molar-refractivity contribution in [2.45, 2.75) is 53.1 Å². The van der Waals surface area contributed by atoms with Crippen LogP contribution in [0.25, 0.3) is 11.4 Å². The number of rotatable bonds is 5. The summed E-state index contributed by atoms with van der Waals surface area (Å²) in [7, 11) is 0. The van der Waals surface area contributed by atoms with E-state index < -0.39 is 0 Å². The molecule has 0 aliphatic rings. The fraction of sp³-hybridized carbons (Fsp3) is 0.533. The Kier molecular flexibility index (Phi) is 4.77. The number of nitrogens with zero attached hydrogens (tertiary/aromatic N) is 3. The highest BCUT2D eigenvalue weighted by molar-refractivity contribution is 7.71. The average molecular weight is 306 g/mol. The topological polar surface area (TPSA) is 55.6 Å². The molecule has 5 nitrogen and oxygen atoms in total. The third-order valence-corrected chi connectivity index (χ3v) is 3.88. The smallest absolute Gasteiger partial charge is 0.261 e. The van der Waals surface area contributed by atoms with Gasteiger partial charge >= 0.3 is 0 Å². The molecule has 0 aliphatic carbocycles. The van der Waals surface area contributed by atoms with Gasteiger partial charge in [0.25, 0.3) is 5.56 Å². The lowest BCUT2D eigenvalue weighted by Crippen LogP contribution is -2.25. The van der Waals surface area contributed by atoms with Gasteiger partial charge in [0, 0.05) is 18.3 Å². The van der Waals surface area contributed by atoms with Crippen LogP contribution in [0, 0.1) is 11.7 Å². The molecule has 0 aliphatic heterocycles. The van der Waals surface area contributed by atoms with Gasteiger partial charge in [0.05, 0.1) is 5.56 Å². The quantitative estimate of drug-likeness (QED) is 0.861. The van der Waals surface area contributed by atoms with Crippen molar-refractivity contribution in [3.8, 4) is 11.4 Å². The standard InChI is InChI=1S/C15H22N4OS/c1-5-6-9-18-11(4)7-8-12(14(18)20)13-16-17-15(21)19(13)10(2)3/h7-8,10H,5-6,9H2,1-4H3,(H,17,21). The molecule has 0 amide bonds. The number of unbranched alkanes of at least 4 members (excludes halogenated alkanes) is 1. The molecule has 114 valence electrons. The predicted molar refractivity (Wildman–Crippen MR) is 87.1 cm³/mol. The first-order valence-electron chi connectivity index (χ1n) is 7.35. The van der Waals surface area contributed by atoms with E-state index in [0.717, 1.165) is 25.1 Å². The maximum absolute atomic E-state index is 12.7. The Labute approximate surface area is 129 Å². The molecule has 21 heavy (non-hydrogen) atoms. The summed E-state index contributed by atoms with van der Waals surface area (Å²) in [5.41, 5.74) is 1.57. The highest BCUT2D eigenvalue weighted by atomic mass is 32.1. The first-order valence-corrected chi connectivity index (χ1v) is 7.76. The van der Waals surface area contributed by atoms with E-state index in [1.54, 1.807) is 0 Å². The minimum Gasteiger partial charge on any atom is -0.312 e. The van der Waals surface area contributed by atoms with Crippen molar-refractivity contribution in [1.29, 1.82) is 0 Å². The fourth-order valence-corrected chi connectivity index (χ4v) is 2.75. The molecule has 0 spiro atoms. The minimum atomic E-state index is -0.000602. The van der Waals surface area contributed by atoms with E-state index in [2.05, 4.69) is 17.1 Å². The molecule has 0 aromatic carbocycles. The Morgan fingerprint density at radius 2 is 2.10 bits per heavy atom. The van der Waals surface area contributed by atoms with E-state index in [1.807, 2.05) is 42.0 Å². The zero-order valence-electron chi connectivity index (χ0n) is 13.0. The number of hydrogen-bond acceptors (Lipinski definition) is 3. The van der Waals surface area contributed by atoms with Crippen LogP contribution in [0.15, 0.2) is 16.9 Å². The van der Waals surface area contributed by atoms with Gasteiger partial charge in [-0.05, 0) is 51.5 Å². The molecule has 2 aromatic rings. The summed E-state index contributed by atoms with van der Waals surface area (Å²) in [4.78, 5) is 12.7. The fourth-order valence-electron chi connectivity index (χ4n) is 2.41. The van der Waals surface area contributed by atoms with Crippen molar-refractivity contribution in [2.24, 2.45) is 0 Å². The molecular formula is C15H22N4OS. The van der Waals surface area contributed by atoms with Crippen molar-refractivity contribution in [1.82, 2.24) is 19.3 Å². The van der Waals surface area contributed by atoms with Gasteiger partial charge in [-0.25, -0.2) is 0 Å². The first kappa shape index (κ1) is 15.7. The zero-order valence-corrected chi connectivity index (χ0v) is 13.8. The summed E-state index contributed by atoms with van der Waals surface area (Å²) in [6.07, 6.45) is 2.04. The number of nitrogens with one attached hydrogen (secondary N) is 1. The average Bonchev–Trinajstić information content (AvgIpc) is 2.80. The molecule has 0 bridgehead atoms. The molecule has 0 unspecified atom stereocenters. The molecule has 0 atom stereocenters. The van der Waals surface area contributed by atoms with Crippen LogP contribution in [0.2, 0.25) is 0 Å². The van der Waals surface area contributed by atoms with Crippen molar-refractivity contribution in [2.75, 3.05) is 0 Å². The summed E-state index contributed by atoms with van der Waals surface area (Å²) in [5, 5.41) is 7.04. The van der Waals surface area contributed by atoms with Gasteiger partial charge in [0.15, 0.2) is 10.6 Å². The Morgan fingerprint density at radius 3 is 2.71 bits per heavy atom. The van der Waals surface area contributed by atoms with Crippen LogP contribution in [0.3, 0.4) is 0 Å². The molecule has 1 N–H and O–H groups in total. The lowest BCUT2D eigenvalue weighted by Gasteiger charge is -2.13. The Hall–Kier alpha value is -1.69. The molecule has 2 rings (SSSR count). The number of aromatic nitrogens is 4. The molecule has 2 aromatic heterocycles. The summed E-state index contributed by atoms with van der Waals surface area (Å²) in [6, 6.07) is 3.95. The van der Waals surface area contributed by atoms with Gasteiger partial charge in [-0.2, -0.15) is 5.10 Å². The van der Waals surface area contributed by atoms with Gasteiger partial charge < -0.3 is 4.57 Å². The third-order valence-electron chi connectivity index (χ3n) is 3.59. The van der Waals surface area contributed by atoms with Gasteiger partial charge in [-0.1, -0.05) is 13.3 Å². The number of aromatic amines is 1. The Bertz CT molecular complexity index is 739. The van der Waals surface area contributed by atoms with Crippen LogP contribution >= 0.6 is 12.2 Å².